The van der Waals surface area contributed by atoms with Gasteiger partial charge in [-0.05, 0) is 30.9 Å². The average Bonchev–Trinajstić information content (AvgIpc) is 3.10. The zero-order valence-electron chi connectivity index (χ0n) is 14.6. The molecule has 4 rings (SSSR count). The molecule has 0 saturated carbocycles. The molecule has 0 bridgehead atoms. The molecule has 0 spiro atoms. The first-order chi connectivity index (χ1) is 12.7. The summed E-state index contributed by atoms with van der Waals surface area (Å²) in [6.45, 7) is 1.57. The summed E-state index contributed by atoms with van der Waals surface area (Å²) >= 11 is 1.22. The third-order valence-electron chi connectivity index (χ3n) is 4.78. The minimum Gasteiger partial charge on any atom is -0.370 e. The van der Waals surface area contributed by atoms with Crippen LogP contribution in [0.4, 0.5) is 0 Å². The van der Waals surface area contributed by atoms with E-state index in [9.17, 15) is 4.79 Å². The third kappa shape index (κ3) is 3.76. The van der Waals surface area contributed by atoms with Gasteiger partial charge in [0.25, 0.3) is 0 Å². The minimum atomic E-state index is -0.0955. The number of benzene rings is 2. The summed E-state index contributed by atoms with van der Waals surface area (Å²) in [6, 6.07) is 16.5. The maximum absolute atomic E-state index is 11.6. The molecule has 2 aromatic carbocycles. The van der Waals surface area contributed by atoms with Crippen molar-refractivity contribution >= 4 is 28.7 Å². The van der Waals surface area contributed by atoms with E-state index in [0.29, 0.717) is 0 Å². The molecule has 26 heavy (non-hydrogen) atoms. The van der Waals surface area contributed by atoms with Crippen LogP contribution in [0.1, 0.15) is 37.0 Å². The van der Waals surface area contributed by atoms with Crippen molar-refractivity contribution in [1.82, 2.24) is 14.1 Å². The lowest BCUT2D eigenvalue weighted by Gasteiger charge is -2.36. The maximum Gasteiger partial charge on any atom is 0.217 e. The number of carbonyl (C=O) groups excluding carboxylic acids is 1. The predicted octanol–water partition coefficient (Wildman–Crippen LogP) is 3.66. The van der Waals surface area contributed by atoms with Crippen molar-refractivity contribution in [3.63, 3.8) is 0 Å². The Morgan fingerprint density at radius 2 is 2.00 bits per heavy atom. The van der Waals surface area contributed by atoms with Crippen molar-refractivity contribution in [1.29, 1.82) is 0 Å². The summed E-state index contributed by atoms with van der Waals surface area (Å²) in [7, 11) is 0. The second-order valence-corrected chi connectivity index (χ2v) is 7.31. The van der Waals surface area contributed by atoms with Crippen LogP contribution in [0, 0.1) is 0 Å². The van der Waals surface area contributed by atoms with Gasteiger partial charge in [-0.25, -0.2) is 0 Å². The van der Waals surface area contributed by atoms with Gasteiger partial charge in [0.2, 0.25) is 5.91 Å². The molecule has 1 aliphatic rings. The number of hydrogen-bond acceptors (Lipinski definition) is 5. The summed E-state index contributed by atoms with van der Waals surface area (Å²) in [5, 5.41) is 3.09. The topological polar surface area (TPSA) is 64.1 Å². The Kier molecular flexibility index (Phi) is 4.95. The van der Waals surface area contributed by atoms with Crippen LogP contribution in [0.5, 0.6) is 0 Å². The molecule has 134 valence electrons. The van der Waals surface area contributed by atoms with Crippen LogP contribution in [0.15, 0.2) is 48.5 Å². The first-order valence-electron chi connectivity index (χ1n) is 8.86. The van der Waals surface area contributed by atoms with E-state index in [1.807, 2.05) is 30.3 Å². The fourth-order valence-corrected chi connectivity index (χ4v) is 4.27. The number of fused-ring (bicyclic) bond motifs is 1. The Labute approximate surface area is 156 Å². The van der Waals surface area contributed by atoms with Crippen molar-refractivity contribution in [2.75, 3.05) is 0 Å². The number of amides is 1. The van der Waals surface area contributed by atoms with Crippen LogP contribution in [0.25, 0.3) is 11.0 Å². The molecule has 1 aliphatic heterocycles. The Morgan fingerprint density at radius 1 is 1.15 bits per heavy atom. The summed E-state index contributed by atoms with van der Waals surface area (Å²) in [6.07, 6.45) is 2.35. The summed E-state index contributed by atoms with van der Waals surface area (Å²) in [4.78, 5) is 11.6. The van der Waals surface area contributed by atoms with E-state index in [2.05, 4.69) is 32.3 Å². The van der Waals surface area contributed by atoms with Gasteiger partial charge in [0.05, 0.1) is 23.9 Å². The Balaban J connectivity index is 1.60. The largest absolute Gasteiger partial charge is 0.370 e. The first-order valence-corrected chi connectivity index (χ1v) is 9.60. The molecule has 0 unspecified atom stereocenters. The van der Waals surface area contributed by atoms with Gasteiger partial charge in [-0.15, -0.1) is 0 Å². The standard InChI is InChI=1S/C20H21N3O2S/c1-13(24)21-15-11-16(10-14-6-3-2-4-7-14)25-19(12-15)17-8-5-9-18-20(17)23-26-22-18/h2-9,15-16,19H,10-12H2,1H3,(H,21,24)/t15-,16+,19+/m0/s1. The molecule has 0 radical (unpaired) electrons. The molecular weight excluding hydrogens is 346 g/mol. The normalized spacial score (nSPS) is 23.0. The highest BCUT2D eigenvalue weighted by atomic mass is 32.1. The van der Waals surface area contributed by atoms with Crippen LogP contribution < -0.4 is 5.32 Å². The van der Waals surface area contributed by atoms with Crippen molar-refractivity contribution in [2.24, 2.45) is 0 Å². The van der Waals surface area contributed by atoms with E-state index in [-0.39, 0.29) is 24.2 Å². The van der Waals surface area contributed by atoms with Crippen molar-refractivity contribution < 1.29 is 9.53 Å². The highest BCUT2D eigenvalue weighted by Gasteiger charge is 2.32. The number of nitrogens with zero attached hydrogens (tertiary/aromatic N) is 2. The van der Waals surface area contributed by atoms with Crippen LogP contribution >= 0.6 is 11.7 Å². The highest BCUT2D eigenvalue weighted by molar-refractivity contribution is 7.00. The molecule has 0 aliphatic carbocycles. The Morgan fingerprint density at radius 3 is 2.81 bits per heavy atom. The van der Waals surface area contributed by atoms with Gasteiger partial charge in [-0.3, -0.25) is 4.79 Å². The zero-order valence-corrected chi connectivity index (χ0v) is 15.4. The number of nitrogens with one attached hydrogen (secondary N) is 1. The Hall–Kier alpha value is -2.31. The van der Waals surface area contributed by atoms with E-state index in [4.69, 9.17) is 4.74 Å². The fourth-order valence-electron chi connectivity index (χ4n) is 3.72. The minimum absolute atomic E-state index is 0.00245. The fraction of sp³-hybridized carbons (Fsp3) is 0.350. The van der Waals surface area contributed by atoms with E-state index < -0.39 is 0 Å². The van der Waals surface area contributed by atoms with Gasteiger partial charge >= 0.3 is 0 Å². The van der Waals surface area contributed by atoms with Crippen molar-refractivity contribution in [2.45, 2.75) is 44.4 Å². The molecule has 6 heteroatoms. The van der Waals surface area contributed by atoms with Gasteiger partial charge in [0, 0.05) is 18.5 Å². The number of aromatic nitrogens is 2. The predicted molar refractivity (Wildman–Crippen MR) is 102 cm³/mol. The van der Waals surface area contributed by atoms with E-state index in [1.54, 1.807) is 6.92 Å². The van der Waals surface area contributed by atoms with Crippen molar-refractivity contribution in [3.8, 4) is 0 Å². The van der Waals surface area contributed by atoms with E-state index in [1.165, 1.54) is 17.3 Å². The highest BCUT2D eigenvalue weighted by Crippen LogP contribution is 2.35. The molecular formula is C20H21N3O2S. The smallest absolute Gasteiger partial charge is 0.217 e. The van der Waals surface area contributed by atoms with Gasteiger partial charge < -0.3 is 10.1 Å². The summed E-state index contributed by atoms with van der Waals surface area (Å²) in [5.74, 6) is 0.00245. The molecule has 2 heterocycles. The second-order valence-electron chi connectivity index (χ2n) is 6.78. The molecule has 1 N–H and O–H groups in total. The summed E-state index contributed by atoms with van der Waals surface area (Å²) < 4.78 is 15.2. The molecule has 3 aromatic rings. The monoisotopic (exact) mass is 367 g/mol. The van der Waals surface area contributed by atoms with Crippen LogP contribution in [-0.4, -0.2) is 26.8 Å². The second kappa shape index (κ2) is 7.51. The number of rotatable bonds is 4. The van der Waals surface area contributed by atoms with Crippen LogP contribution in [0.2, 0.25) is 0 Å². The lowest BCUT2D eigenvalue weighted by molar-refractivity contribution is -0.122. The number of ether oxygens (including phenoxy) is 1. The average molecular weight is 367 g/mol. The molecule has 5 nitrogen and oxygen atoms in total. The quantitative estimate of drug-likeness (QED) is 0.764. The number of hydrogen-bond donors (Lipinski definition) is 1. The van der Waals surface area contributed by atoms with Crippen LogP contribution in [0.3, 0.4) is 0 Å². The van der Waals surface area contributed by atoms with Gasteiger partial charge in [-0.2, -0.15) is 8.75 Å². The molecule has 1 saturated heterocycles. The third-order valence-corrected chi connectivity index (χ3v) is 5.32. The van der Waals surface area contributed by atoms with Crippen LogP contribution in [-0.2, 0) is 16.0 Å². The molecule has 1 fully saturated rings. The Bertz CT molecular complexity index is 896. The summed E-state index contributed by atoms with van der Waals surface area (Å²) in [5.41, 5.74) is 4.11. The van der Waals surface area contributed by atoms with E-state index >= 15 is 0 Å². The first kappa shape index (κ1) is 17.1. The van der Waals surface area contributed by atoms with Gasteiger partial charge in [0.15, 0.2) is 0 Å². The lowest BCUT2D eigenvalue weighted by Crippen LogP contribution is -2.42. The molecule has 1 aromatic heterocycles. The number of carbonyl (C=O) groups is 1. The maximum atomic E-state index is 11.6. The van der Waals surface area contributed by atoms with E-state index in [0.717, 1.165) is 35.9 Å². The van der Waals surface area contributed by atoms with Crippen molar-refractivity contribution in [3.05, 3.63) is 59.7 Å². The lowest BCUT2D eigenvalue weighted by atomic mass is 9.91. The SMILES string of the molecule is CC(=O)N[C@H]1C[C@@H](Cc2ccccc2)O[C@@H](c2cccc3nsnc23)C1. The molecule has 1 amide bonds. The van der Waals surface area contributed by atoms with Gasteiger partial charge in [-0.1, -0.05) is 42.5 Å². The van der Waals surface area contributed by atoms with Gasteiger partial charge in [0.1, 0.15) is 11.0 Å². The zero-order chi connectivity index (χ0) is 17.9. The molecule has 3 atom stereocenters.